The van der Waals surface area contributed by atoms with Gasteiger partial charge >= 0.3 is 0 Å². The molecule has 100 valence electrons. The molecular formula is C13H13ClN2O2S. The Labute approximate surface area is 117 Å². The number of hydrogen-bond acceptors (Lipinski definition) is 3. The lowest BCUT2D eigenvalue weighted by molar-refractivity contribution is 0.600. The van der Waals surface area contributed by atoms with Crippen molar-refractivity contribution in [2.45, 2.75) is 5.75 Å². The highest BCUT2D eigenvalue weighted by Gasteiger charge is 2.15. The SMILES string of the molecule is Nc1cccc(Cl)c1NS(=O)(=O)Cc1ccccc1. The van der Waals surface area contributed by atoms with Gasteiger partial charge in [-0.2, -0.15) is 0 Å². The van der Waals surface area contributed by atoms with Crippen molar-refractivity contribution in [3.63, 3.8) is 0 Å². The first-order chi connectivity index (χ1) is 8.98. The van der Waals surface area contributed by atoms with Crippen LogP contribution in [0.5, 0.6) is 0 Å². The molecule has 0 bridgehead atoms. The van der Waals surface area contributed by atoms with Crippen LogP contribution in [0.3, 0.4) is 0 Å². The second-order valence-corrected chi connectivity index (χ2v) is 6.18. The van der Waals surface area contributed by atoms with Gasteiger partial charge in [-0.15, -0.1) is 0 Å². The lowest BCUT2D eigenvalue weighted by atomic mass is 10.2. The summed E-state index contributed by atoms with van der Waals surface area (Å²) in [4.78, 5) is 0. The van der Waals surface area contributed by atoms with Crippen molar-refractivity contribution in [3.8, 4) is 0 Å². The van der Waals surface area contributed by atoms with E-state index in [2.05, 4.69) is 4.72 Å². The van der Waals surface area contributed by atoms with E-state index < -0.39 is 10.0 Å². The number of benzene rings is 2. The number of nitrogens with two attached hydrogens (primary N) is 1. The smallest absolute Gasteiger partial charge is 0.237 e. The molecule has 0 atom stereocenters. The zero-order valence-corrected chi connectivity index (χ0v) is 11.6. The number of anilines is 2. The average molecular weight is 297 g/mol. The highest BCUT2D eigenvalue weighted by molar-refractivity contribution is 7.91. The summed E-state index contributed by atoms with van der Waals surface area (Å²) in [5.74, 6) is -0.126. The third kappa shape index (κ3) is 3.62. The summed E-state index contributed by atoms with van der Waals surface area (Å²) in [5, 5.41) is 0.275. The lowest BCUT2D eigenvalue weighted by Crippen LogP contribution is -2.16. The third-order valence-corrected chi connectivity index (χ3v) is 4.05. The zero-order valence-electron chi connectivity index (χ0n) is 10.0. The number of rotatable bonds is 4. The molecule has 3 N–H and O–H groups in total. The van der Waals surface area contributed by atoms with Crippen LogP contribution < -0.4 is 10.5 Å². The van der Waals surface area contributed by atoms with Gasteiger partial charge in [0.15, 0.2) is 0 Å². The fourth-order valence-electron chi connectivity index (χ4n) is 1.63. The van der Waals surface area contributed by atoms with Crippen molar-refractivity contribution in [1.29, 1.82) is 0 Å². The Morgan fingerprint density at radius 1 is 1.05 bits per heavy atom. The van der Waals surface area contributed by atoms with E-state index in [1.165, 1.54) is 0 Å². The van der Waals surface area contributed by atoms with Gasteiger partial charge in [0.2, 0.25) is 10.0 Å². The van der Waals surface area contributed by atoms with Gasteiger partial charge in [-0.25, -0.2) is 8.42 Å². The van der Waals surface area contributed by atoms with Gasteiger partial charge < -0.3 is 5.73 Å². The maximum absolute atomic E-state index is 12.0. The Bertz CT molecular complexity index is 652. The number of nitrogens with one attached hydrogen (secondary N) is 1. The number of sulfonamides is 1. The summed E-state index contributed by atoms with van der Waals surface area (Å²) in [6.07, 6.45) is 0. The molecule has 0 unspecified atom stereocenters. The summed E-state index contributed by atoms with van der Waals surface area (Å²) in [6.45, 7) is 0. The Morgan fingerprint density at radius 2 is 1.74 bits per heavy atom. The first kappa shape index (κ1) is 13.7. The van der Waals surface area contributed by atoms with E-state index in [1.54, 1.807) is 42.5 Å². The van der Waals surface area contributed by atoms with E-state index >= 15 is 0 Å². The van der Waals surface area contributed by atoms with Crippen molar-refractivity contribution in [1.82, 2.24) is 0 Å². The van der Waals surface area contributed by atoms with Crippen LogP contribution >= 0.6 is 11.6 Å². The first-order valence-corrected chi connectivity index (χ1v) is 7.59. The van der Waals surface area contributed by atoms with E-state index in [0.717, 1.165) is 0 Å². The van der Waals surface area contributed by atoms with E-state index in [4.69, 9.17) is 17.3 Å². The Morgan fingerprint density at radius 3 is 2.37 bits per heavy atom. The van der Waals surface area contributed by atoms with Gasteiger partial charge in [0, 0.05) is 0 Å². The molecule has 0 aromatic heterocycles. The minimum absolute atomic E-state index is 0.126. The van der Waals surface area contributed by atoms with Crippen molar-refractivity contribution in [2.75, 3.05) is 10.5 Å². The molecule has 2 aromatic carbocycles. The van der Waals surface area contributed by atoms with E-state index in [-0.39, 0.29) is 16.5 Å². The van der Waals surface area contributed by atoms with E-state index in [1.807, 2.05) is 6.07 Å². The number of hydrogen-bond donors (Lipinski definition) is 2. The molecule has 0 radical (unpaired) electrons. The van der Waals surface area contributed by atoms with Crippen LogP contribution in [0.4, 0.5) is 11.4 Å². The summed E-state index contributed by atoms with van der Waals surface area (Å²) >= 11 is 5.93. The molecule has 2 aromatic rings. The normalized spacial score (nSPS) is 11.2. The summed E-state index contributed by atoms with van der Waals surface area (Å²) in [6, 6.07) is 13.7. The highest BCUT2D eigenvalue weighted by atomic mass is 35.5. The van der Waals surface area contributed by atoms with Crippen LogP contribution in [0.15, 0.2) is 48.5 Å². The second-order valence-electron chi connectivity index (χ2n) is 4.05. The van der Waals surface area contributed by atoms with Crippen molar-refractivity contribution >= 4 is 33.0 Å². The van der Waals surface area contributed by atoms with Gasteiger partial charge in [-0.3, -0.25) is 4.72 Å². The topological polar surface area (TPSA) is 72.2 Å². The van der Waals surface area contributed by atoms with E-state index in [0.29, 0.717) is 11.3 Å². The molecule has 4 nitrogen and oxygen atoms in total. The van der Waals surface area contributed by atoms with Gasteiger partial charge in [0.05, 0.1) is 22.2 Å². The Kier molecular flexibility index (Phi) is 3.97. The van der Waals surface area contributed by atoms with Crippen LogP contribution in [0.25, 0.3) is 0 Å². The van der Waals surface area contributed by atoms with Crippen molar-refractivity contribution in [2.24, 2.45) is 0 Å². The zero-order chi connectivity index (χ0) is 13.9. The minimum atomic E-state index is -3.55. The van der Waals surface area contributed by atoms with E-state index in [9.17, 15) is 8.42 Å². The monoisotopic (exact) mass is 296 g/mol. The maximum Gasteiger partial charge on any atom is 0.237 e. The summed E-state index contributed by atoms with van der Waals surface area (Å²) in [7, 11) is -3.55. The molecule has 19 heavy (non-hydrogen) atoms. The van der Waals surface area contributed by atoms with Gasteiger partial charge in [0.25, 0.3) is 0 Å². The number of nitrogen functional groups attached to an aromatic ring is 1. The number of para-hydroxylation sites is 1. The fraction of sp³-hybridized carbons (Fsp3) is 0.0769. The molecule has 0 saturated heterocycles. The van der Waals surface area contributed by atoms with Crippen molar-refractivity contribution < 1.29 is 8.42 Å². The Balaban J connectivity index is 2.23. The summed E-state index contributed by atoms with van der Waals surface area (Å²) in [5.41, 5.74) is 6.92. The molecule has 0 aliphatic rings. The Hall–Kier alpha value is -1.72. The van der Waals surface area contributed by atoms with Gasteiger partial charge in [-0.05, 0) is 17.7 Å². The van der Waals surface area contributed by atoms with Crippen LogP contribution in [-0.2, 0) is 15.8 Å². The van der Waals surface area contributed by atoms with Gasteiger partial charge in [0.1, 0.15) is 0 Å². The van der Waals surface area contributed by atoms with Crippen LogP contribution in [0.1, 0.15) is 5.56 Å². The maximum atomic E-state index is 12.0. The standard InChI is InChI=1S/C13H13ClN2O2S/c14-11-7-4-8-12(15)13(11)16-19(17,18)9-10-5-2-1-3-6-10/h1-8,16H,9,15H2. The summed E-state index contributed by atoms with van der Waals surface area (Å²) < 4.78 is 26.5. The van der Waals surface area contributed by atoms with Crippen LogP contribution in [0.2, 0.25) is 5.02 Å². The van der Waals surface area contributed by atoms with Crippen molar-refractivity contribution in [3.05, 3.63) is 59.1 Å². The largest absolute Gasteiger partial charge is 0.397 e. The molecule has 0 aliphatic carbocycles. The predicted molar refractivity (Wildman–Crippen MR) is 78.6 cm³/mol. The molecule has 0 heterocycles. The molecule has 0 aliphatic heterocycles. The quantitative estimate of drug-likeness (QED) is 0.852. The molecule has 0 fully saturated rings. The lowest BCUT2D eigenvalue weighted by Gasteiger charge is -2.11. The fourth-order valence-corrected chi connectivity index (χ4v) is 3.16. The third-order valence-electron chi connectivity index (χ3n) is 2.50. The molecule has 0 amide bonds. The van der Waals surface area contributed by atoms with Gasteiger partial charge in [-0.1, -0.05) is 48.0 Å². The second kappa shape index (κ2) is 5.50. The van der Waals surface area contributed by atoms with Crippen LogP contribution in [-0.4, -0.2) is 8.42 Å². The average Bonchev–Trinajstić information content (AvgIpc) is 2.35. The minimum Gasteiger partial charge on any atom is -0.397 e. The molecular weight excluding hydrogens is 284 g/mol. The first-order valence-electron chi connectivity index (χ1n) is 5.56. The predicted octanol–water partition coefficient (Wildman–Crippen LogP) is 2.86. The molecule has 0 spiro atoms. The number of halogens is 1. The molecule has 2 rings (SSSR count). The molecule has 0 saturated carbocycles. The van der Waals surface area contributed by atoms with Crippen LogP contribution in [0, 0.1) is 0 Å². The molecule has 6 heteroatoms. The highest BCUT2D eigenvalue weighted by Crippen LogP contribution is 2.29.